The van der Waals surface area contributed by atoms with E-state index >= 15 is 0 Å². The topological polar surface area (TPSA) is 105 Å². The first-order chi connectivity index (χ1) is 17.8. The fraction of sp³-hybridized carbons (Fsp3) is 0.269. The Morgan fingerprint density at radius 2 is 1.59 bits per heavy atom. The van der Waals surface area contributed by atoms with Crippen LogP contribution in [-0.4, -0.2) is 50.3 Å². The minimum atomic E-state index is -0.693. The zero-order chi connectivity index (χ0) is 26.1. The first-order valence-electron chi connectivity index (χ1n) is 11.5. The lowest BCUT2D eigenvalue weighted by Gasteiger charge is -2.19. The molecule has 0 radical (unpaired) electrons. The number of ether oxygens (including phenoxy) is 3. The predicted octanol–water partition coefficient (Wildman–Crippen LogP) is 5.34. The normalized spacial score (nSPS) is 19.2. The fourth-order valence-corrected chi connectivity index (χ4v) is 5.20. The molecular formula is C26H22Br2N4O5. The maximum atomic E-state index is 12.9. The maximum Gasteiger partial charge on any atom is 0.338 e. The van der Waals surface area contributed by atoms with Crippen LogP contribution in [0.25, 0.3) is 11.2 Å². The summed E-state index contributed by atoms with van der Waals surface area (Å²) in [6, 6.07) is 14.2. The van der Waals surface area contributed by atoms with Gasteiger partial charge in [0.05, 0.1) is 17.5 Å². The van der Waals surface area contributed by atoms with Gasteiger partial charge in [-0.15, -0.1) is 0 Å². The second-order valence-corrected chi connectivity index (χ2v) is 10.2. The van der Waals surface area contributed by atoms with E-state index in [4.69, 9.17) is 14.2 Å². The third-order valence-corrected chi connectivity index (χ3v) is 6.97. The van der Waals surface area contributed by atoms with Gasteiger partial charge in [0.15, 0.2) is 10.4 Å². The van der Waals surface area contributed by atoms with Crippen molar-refractivity contribution in [3.05, 3.63) is 86.4 Å². The highest BCUT2D eigenvalue weighted by atomic mass is 79.9. The number of benzene rings is 2. The Kier molecular flexibility index (Phi) is 7.36. The van der Waals surface area contributed by atoms with E-state index in [1.807, 2.05) is 38.1 Å². The Balaban J connectivity index is 1.37. The lowest BCUT2D eigenvalue weighted by Crippen LogP contribution is -2.32. The van der Waals surface area contributed by atoms with Gasteiger partial charge in [0.25, 0.3) is 0 Å². The zero-order valence-corrected chi connectivity index (χ0v) is 23.1. The molecule has 0 saturated carbocycles. The van der Waals surface area contributed by atoms with Crippen molar-refractivity contribution >= 4 is 55.0 Å². The Bertz CT molecular complexity index is 1460. The molecule has 0 amide bonds. The van der Waals surface area contributed by atoms with Gasteiger partial charge >= 0.3 is 11.9 Å². The van der Waals surface area contributed by atoms with E-state index in [1.165, 1.54) is 0 Å². The summed E-state index contributed by atoms with van der Waals surface area (Å²) in [5, 5.41) is 0. The Hall–Kier alpha value is -3.15. The molecule has 0 unspecified atom stereocenters. The van der Waals surface area contributed by atoms with E-state index in [1.54, 1.807) is 35.2 Å². The molecule has 9 nitrogen and oxygen atoms in total. The Morgan fingerprint density at radius 3 is 2.24 bits per heavy atom. The summed E-state index contributed by atoms with van der Waals surface area (Å²) in [6.07, 6.45) is 0.00239. The first kappa shape index (κ1) is 25.5. The molecule has 3 heterocycles. The number of carbonyl (C=O) groups is 2. The zero-order valence-electron chi connectivity index (χ0n) is 19.9. The van der Waals surface area contributed by atoms with Crippen molar-refractivity contribution in [2.75, 3.05) is 6.61 Å². The summed E-state index contributed by atoms with van der Waals surface area (Å²) in [7, 11) is 0. The van der Waals surface area contributed by atoms with Crippen molar-refractivity contribution in [1.82, 2.24) is 19.5 Å². The number of aryl methyl sites for hydroxylation is 2. The van der Waals surface area contributed by atoms with Crippen molar-refractivity contribution in [3.63, 3.8) is 0 Å². The maximum absolute atomic E-state index is 12.9. The number of halogens is 2. The molecule has 2 aromatic carbocycles. The molecule has 1 aliphatic rings. The first-order valence-corrected chi connectivity index (χ1v) is 13.1. The number of fused-ring (bicyclic) bond motifs is 1. The van der Waals surface area contributed by atoms with Gasteiger partial charge in [-0.05, 0) is 70.0 Å². The number of nitrogens with zero attached hydrogens (tertiary/aromatic N) is 4. The number of aromatic nitrogens is 4. The summed E-state index contributed by atoms with van der Waals surface area (Å²) >= 11 is 6.73. The standard InChI is InChI=1S/C26H22Br2N4O5/c1-14-3-7-16(8-4-14)24(33)35-12-19-18(37-25(34)17-9-5-15(2)6-10-17)11-20(36-19)32-13-29-23-21(32)22(27)30-26(28)31-23/h3-10,13,18-20H,11-12H2,1-2H3/t18-,19+,20-/m0/s1. The molecule has 3 atom stereocenters. The number of esters is 2. The SMILES string of the molecule is Cc1ccc(C(=O)OC[C@H]2O[C@H](n3cnc4nc(Br)nc(Br)c43)C[C@@H]2OC(=O)c2ccc(C)cc2)cc1. The fourth-order valence-electron chi connectivity index (χ4n) is 4.07. The molecule has 37 heavy (non-hydrogen) atoms. The predicted molar refractivity (Wildman–Crippen MR) is 141 cm³/mol. The third kappa shape index (κ3) is 5.58. The van der Waals surface area contributed by atoms with Gasteiger partial charge in [0, 0.05) is 6.42 Å². The highest BCUT2D eigenvalue weighted by molar-refractivity contribution is 9.11. The summed E-state index contributed by atoms with van der Waals surface area (Å²) in [5.41, 5.74) is 4.04. The van der Waals surface area contributed by atoms with Crippen LogP contribution >= 0.6 is 31.9 Å². The van der Waals surface area contributed by atoms with Crippen molar-refractivity contribution in [2.45, 2.75) is 38.7 Å². The van der Waals surface area contributed by atoms with E-state index in [2.05, 4.69) is 46.8 Å². The molecule has 11 heteroatoms. The molecule has 4 aromatic rings. The smallest absolute Gasteiger partial charge is 0.338 e. The molecule has 0 N–H and O–H groups in total. The van der Waals surface area contributed by atoms with E-state index in [-0.39, 0.29) is 6.61 Å². The number of imidazole rings is 1. The molecule has 190 valence electrons. The number of hydrogen-bond acceptors (Lipinski definition) is 8. The number of hydrogen-bond donors (Lipinski definition) is 0. The second-order valence-electron chi connectivity index (χ2n) is 8.75. The highest BCUT2D eigenvalue weighted by Crippen LogP contribution is 2.35. The molecule has 0 bridgehead atoms. The van der Waals surface area contributed by atoms with Crippen molar-refractivity contribution < 1.29 is 23.8 Å². The summed E-state index contributed by atoms with van der Waals surface area (Å²) in [5.74, 6) is -0.960. The minimum absolute atomic E-state index is 0.0924. The number of rotatable bonds is 6. The van der Waals surface area contributed by atoms with Gasteiger partial charge in [0.2, 0.25) is 0 Å². The van der Waals surface area contributed by atoms with E-state index in [0.29, 0.717) is 38.0 Å². The molecule has 2 aromatic heterocycles. The van der Waals surface area contributed by atoms with Crippen LogP contribution in [-0.2, 0) is 14.2 Å². The van der Waals surface area contributed by atoms with Crippen LogP contribution in [0.1, 0.15) is 44.5 Å². The molecule has 1 fully saturated rings. The molecular weight excluding hydrogens is 608 g/mol. The van der Waals surface area contributed by atoms with Gasteiger partial charge in [-0.25, -0.2) is 24.5 Å². The van der Waals surface area contributed by atoms with Gasteiger partial charge in [-0.1, -0.05) is 35.4 Å². The molecule has 0 aliphatic carbocycles. The van der Waals surface area contributed by atoms with Gasteiger partial charge in [-0.2, -0.15) is 0 Å². The average Bonchev–Trinajstić information content (AvgIpc) is 3.47. The second kappa shape index (κ2) is 10.7. The lowest BCUT2D eigenvalue weighted by atomic mass is 10.1. The highest BCUT2D eigenvalue weighted by Gasteiger charge is 2.40. The lowest BCUT2D eigenvalue weighted by molar-refractivity contribution is -0.0562. The summed E-state index contributed by atoms with van der Waals surface area (Å²) < 4.78 is 20.4. The molecule has 0 spiro atoms. The van der Waals surface area contributed by atoms with Crippen LogP contribution in [0.15, 0.2) is 64.2 Å². The van der Waals surface area contributed by atoms with E-state index in [9.17, 15) is 9.59 Å². The monoisotopic (exact) mass is 628 g/mol. The third-order valence-electron chi connectivity index (χ3n) is 6.06. The van der Waals surface area contributed by atoms with Crippen LogP contribution in [0.2, 0.25) is 0 Å². The minimum Gasteiger partial charge on any atom is -0.459 e. The summed E-state index contributed by atoms with van der Waals surface area (Å²) in [4.78, 5) is 38.5. The van der Waals surface area contributed by atoms with Gasteiger partial charge in [-0.3, -0.25) is 4.57 Å². The van der Waals surface area contributed by atoms with Crippen molar-refractivity contribution in [2.24, 2.45) is 0 Å². The van der Waals surface area contributed by atoms with Crippen LogP contribution < -0.4 is 0 Å². The van der Waals surface area contributed by atoms with E-state index in [0.717, 1.165) is 11.1 Å². The quantitative estimate of drug-likeness (QED) is 0.160. The summed E-state index contributed by atoms with van der Waals surface area (Å²) in [6.45, 7) is 3.79. The number of carbonyl (C=O) groups excluding carboxylic acids is 2. The largest absolute Gasteiger partial charge is 0.459 e. The Labute approximate surface area is 229 Å². The van der Waals surface area contributed by atoms with Crippen molar-refractivity contribution in [1.29, 1.82) is 0 Å². The average molecular weight is 630 g/mol. The van der Waals surface area contributed by atoms with Crippen LogP contribution in [0, 0.1) is 13.8 Å². The molecule has 1 aliphatic heterocycles. The van der Waals surface area contributed by atoms with Crippen LogP contribution in [0.4, 0.5) is 0 Å². The van der Waals surface area contributed by atoms with Gasteiger partial charge in [0.1, 0.15) is 35.2 Å². The molecule has 5 rings (SSSR count). The van der Waals surface area contributed by atoms with Crippen LogP contribution in [0.5, 0.6) is 0 Å². The van der Waals surface area contributed by atoms with Crippen LogP contribution in [0.3, 0.4) is 0 Å². The molecule has 1 saturated heterocycles. The van der Waals surface area contributed by atoms with E-state index < -0.39 is 30.4 Å². The van der Waals surface area contributed by atoms with Crippen molar-refractivity contribution in [3.8, 4) is 0 Å². The Morgan fingerprint density at radius 1 is 0.973 bits per heavy atom. The van der Waals surface area contributed by atoms with Gasteiger partial charge < -0.3 is 14.2 Å².